The van der Waals surface area contributed by atoms with Gasteiger partial charge in [-0.2, -0.15) is 0 Å². The molecule has 0 aromatic rings. The fourth-order valence-corrected chi connectivity index (χ4v) is 2.93. The highest BCUT2D eigenvalue weighted by Crippen LogP contribution is 2.71. The summed E-state index contributed by atoms with van der Waals surface area (Å²) >= 11 is 0. The van der Waals surface area contributed by atoms with Crippen LogP contribution in [0, 0.1) is 10.8 Å². The summed E-state index contributed by atoms with van der Waals surface area (Å²) in [5.41, 5.74) is 7.38. The van der Waals surface area contributed by atoms with Gasteiger partial charge in [0, 0.05) is 5.54 Å². The van der Waals surface area contributed by atoms with Gasteiger partial charge in [-0.1, -0.05) is 20.8 Å². The van der Waals surface area contributed by atoms with Crippen LogP contribution in [-0.2, 0) is 0 Å². The van der Waals surface area contributed by atoms with Crippen LogP contribution in [0.5, 0.6) is 0 Å². The first kappa shape index (κ1) is 6.66. The molecule has 1 nitrogen and oxygen atoms in total. The molecule has 0 amide bonds. The summed E-state index contributed by atoms with van der Waals surface area (Å²) in [6, 6.07) is 0. The van der Waals surface area contributed by atoms with Crippen molar-refractivity contribution in [2.24, 2.45) is 16.6 Å². The van der Waals surface area contributed by atoms with Crippen LogP contribution in [-0.4, -0.2) is 5.54 Å². The van der Waals surface area contributed by atoms with Crippen molar-refractivity contribution >= 4 is 0 Å². The second-order valence-corrected chi connectivity index (χ2v) is 5.02. The maximum absolute atomic E-state index is 6.21. The van der Waals surface area contributed by atoms with Gasteiger partial charge in [-0.3, -0.25) is 0 Å². The van der Waals surface area contributed by atoms with Gasteiger partial charge in [-0.05, 0) is 30.1 Å². The maximum Gasteiger partial charge on any atom is 0.0216 e. The van der Waals surface area contributed by atoms with E-state index in [1.807, 2.05) is 0 Å². The first-order valence-corrected chi connectivity index (χ1v) is 4.20. The van der Waals surface area contributed by atoms with Gasteiger partial charge in [-0.25, -0.2) is 0 Å². The minimum Gasteiger partial charge on any atom is -0.325 e. The molecule has 1 heteroatoms. The zero-order valence-electron chi connectivity index (χ0n) is 7.20. The number of hydrogen-bond acceptors (Lipinski definition) is 1. The lowest BCUT2D eigenvalue weighted by Gasteiger charge is -2.59. The average Bonchev–Trinajstić information content (AvgIpc) is 2.18. The van der Waals surface area contributed by atoms with Gasteiger partial charge in [0.2, 0.25) is 0 Å². The van der Waals surface area contributed by atoms with Crippen LogP contribution in [0.25, 0.3) is 0 Å². The lowest BCUT2D eigenvalue weighted by atomic mass is 9.48. The van der Waals surface area contributed by atoms with E-state index in [-0.39, 0.29) is 5.54 Å². The highest BCUT2D eigenvalue weighted by molar-refractivity contribution is 5.23. The standard InChI is InChI=1S/C9H17N/c1-7(2)8(3)4-5-9(7,10)6-8/h4-6,10H2,1-3H3/t8-,9-/m1/s1. The van der Waals surface area contributed by atoms with E-state index in [0.717, 1.165) is 0 Å². The largest absolute Gasteiger partial charge is 0.325 e. The van der Waals surface area contributed by atoms with Gasteiger partial charge in [0.1, 0.15) is 0 Å². The molecule has 0 saturated heterocycles. The van der Waals surface area contributed by atoms with Crippen molar-refractivity contribution in [3.05, 3.63) is 0 Å². The number of hydrogen-bond donors (Lipinski definition) is 1. The Balaban J connectivity index is 2.39. The SMILES string of the molecule is CC1(C)[C@]2(C)CC[C@@]1(N)C2. The van der Waals surface area contributed by atoms with E-state index in [4.69, 9.17) is 5.73 Å². The lowest BCUT2D eigenvalue weighted by molar-refractivity contribution is -0.0615. The molecule has 2 bridgehead atoms. The average molecular weight is 139 g/mol. The molecule has 3 rings (SSSR count). The Hall–Kier alpha value is -0.0400. The molecule has 0 aliphatic heterocycles. The molecule has 0 heterocycles. The molecule has 2 atom stereocenters. The first-order valence-electron chi connectivity index (χ1n) is 4.20. The Kier molecular flexibility index (Phi) is 0.860. The molecule has 0 aromatic carbocycles. The Morgan fingerprint density at radius 1 is 1.10 bits per heavy atom. The van der Waals surface area contributed by atoms with E-state index in [2.05, 4.69) is 20.8 Å². The summed E-state index contributed by atoms with van der Waals surface area (Å²) in [6.07, 6.45) is 3.85. The molecule has 2 N–H and O–H groups in total. The van der Waals surface area contributed by atoms with E-state index >= 15 is 0 Å². The van der Waals surface area contributed by atoms with E-state index < -0.39 is 0 Å². The van der Waals surface area contributed by atoms with Crippen LogP contribution in [0.2, 0.25) is 0 Å². The number of fused-ring (bicyclic) bond motifs is 1. The zero-order chi connectivity index (χ0) is 7.62. The van der Waals surface area contributed by atoms with Gasteiger partial charge in [0.25, 0.3) is 0 Å². The Labute approximate surface area is 63.0 Å². The van der Waals surface area contributed by atoms with Gasteiger partial charge < -0.3 is 5.73 Å². The summed E-state index contributed by atoms with van der Waals surface area (Å²) in [5.74, 6) is 0. The van der Waals surface area contributed by atoms with Gasteiger partial charge >= 0.3 is 0 Å². The third kappa shape index (κ3) is 0.402. The topological polar surface area (TPSA) is 26.0 Å². The Morgan fingerprint density at radius 3 is 1.80 bits per heavy atom. The summed E-state index contributed by atoms with van der Waals surface area (Å²) in [5, 5.41) is 0. The first-order chi connectivity index (χ1) is 4.41. The van der Waals surface area contributed by atoms with Crippen molar-refractivity contribution in [3.8, 4) is 0 Å². The molecule has 0 unspecified atom stereocenters. The fourth-order valence-electron chi connectivity index (χ4n) is 2.93. The molecule has 0 aromatic heterocycles. The summed E-state index contributed by atoms with van der Waals surface area (Å²) in [7, 11) is 0. The third-order valence-electron chi connectivity index (χ3n) is 4.58. The van der Waals surface area contributed by atoms with Crippen molar-refractivity contribution < 1.29 is 0 Å². The molecule has 3 saturated carbocycles. The predicted octanol–water partition coefficient (Wildman–Crippen LogP) is 1.91. The molecular weight excluding hydrogens is 122 g/mol. The van der Waals surface area contributed by atoms with E-state index in [1.54, 1.807) is 0 Å². The maximum atomic E-state index is 6.21. The minimum absolute atomic E-state index is 0.196. The van der Waals surface area contributed by atoms with Crippen LogP contribution in [0.3, 0.4) is 0 Å². The highest BCUT2D eigenvalue weighted by Gasteiger charge is 2.69. The van der Waals surface area contributed by atoms with Crippen LogP contribution >= 0.6 is 0 Å². The second kappa shape index (κ2) is 1.29. The Morgan fingerprint density at radius 2 is 1.70 bits per heavy atom. The summed E-state index contributed by atoms with van der Waals surface area (Å²) < 4.78 is 0. The van der Waals surface area contributed by atoms with Crippen molar-refractivity contribution in [1.29, 1.82) is 0 Å². The van der Waals surface area contributed by atoms with Crippen molar-refractivity contribution in [3.63, 3.8) is 0 Å². The van der Waals surface area contributed by atoms with Crippen LogP contribution in [0.1, 0.15) is 40.0 Å². The molecule has 58 valence electrons. The molecular formula is C9H17N. The van der Waals surface area contributed by atoms with Crippen LogP contribution in [0.4, 0.5) is 0 Å². The van der Waals surface area contributed by atoms with Gasteiger partial charge in [-0.15, -0.1) is 0 Å². The Bertz CT molecular complexity index is 167. The van der Waals surface area contributed by atoms with E-state index in [9.17, 15) is 0 Å². The number of rotatable bonds is 0. The molecule has 0 spiro atoms. The molecule has 3 fully saturated rings. The second-order valence-electron chi connectivity index (χ2n) is 5.02. The smallest absolute Gasteiger partial charge is 0.0216 e. The molecule has 0 radical (unpaired) electrons. The van der Waals surface area contributed by atoms with Crippen molar-refractivity contribution in [1.82, 2.24) is 0 Å². The van der Waals surface area contributed by atoms with Gasteiger partial charge in [0.15, 0.2) is 0 Å². The zero-order valence-corrected chi connectivity index (χ0v) is 7.20. The van der Waals surface area contributed by atoms with Crippen molar-refractivity contribution in [2.45, 2.75) is 45.6 Å². The lowest BCUT2D eigenvalue weighted by Crippen LogP contribution is -2.64. The fraction of sp³-hybridized carbons (Fsp3) is 1.00. The third-order valence-corrected chi connectivity index (χ3v) is 4.58. The monoisotopic (exact) mass is 139 g/mol. The van der Waals surface area contributed by atoms with Crippen LogP contribution < -0.4 is 5.73 Å². The van der Waals surface area contributed by atoms with Gasteiger partial charge in [0.05, 0.1) is 0 Å². The highest BCUT2D eigenvalue weighted by atomic mass is 14.9. The summed E-state index contributed by atoms with van der Waals surface area (Å²) in [6.45, 7) is 7.03. The quantitative estimate of drug-likeness (QED) is 0.545. The van der Waals surface area contributed by atoms with E-state index in [1.165, 1.54) is 19.3 Å². The molecule has 3 aliphatic carbocycles. The predicted molar refractivity (Wildman–Crippen MR) is 42.7 cm³/mol. The molecule has 3 aliphatic rings. The normalized spacial score (nSPS) is 56.4. The number of nitrogens with two attached hydrogens (primary N) is 1. The summed E-state index contributed by atoms with van der Waals surface area (Å²) in [4.78, 5) is 0. The molecule has 10 heavy (non-hydrogen) atoms. The van der Waals surface area contributed by atoms with Crippen LogP contribution in [0.15, 0.2) is 0 Å². The van der Waals surface area contributed by atoms with Crippen molar-refractivity contribution in [2.75, 3.05) is 0 Å². The van der Waals surface area contributed by atoms with E-state index in [0.29, 0.717) is 10.8 Å². The minimum atomic E-state index is 0.196.